The third-order valence-corrected chi connectivity index (χ3v) is 2.78. The number of rotatable bonds is 3. The zero-order valence-electron chi connectivity index (χ0n) is 9.94. The van der Waals surface area contributed by atoms with E-state index in [1.54, 1.807) is 13.0 Å². The van der Waals surface area contributed by atoms with Crippen LogP contribution in [0.15, 0.2) is 34.9 Å². The maximum atomic E-state index is 11.9. The smallest absolute Gasteiger partial charge is 0.335 e. The Morgan fingerprint density at radius 1 is 1.26 bits per heavy atom. The highest BCUT2D eigenvalue weighted by atomic mass is 35.5. The molecule has 1 aromatic carbocycles. The van der Waals surface area contributed by atoms with Crippen molar-refractivity contribution in [2.45, 2.75) is 6.92 Å². The van der Waals surface area contributed by atoms with Crippen molar-refractivity contribution in [1.82, 2.24) is 0 Å². The standard InChI is InChI=1S/C13H10ClNO4/c1-7-4-9(6-19-7)12(16)15-11-5-8(13(17)18)2-3-10(11)14/h2-6H,1H3,(H,15,16)(H,17,18). The Morgan fingerprint density at radius 2 is 2.00 bits per heavy atom. The minimum absolute atomic E-state index is 0.0445. The number of aryl methyl sites for hydroxylation is 1. The van der Waals surface area contributed by atoms with E-state index in [-0.39, 0.29) is 16.3 Å². The lowest BCUT2D eigenvalue weighted by molar-refractivity contribution is 0.0696. The second-order valence-corrected chi connectivity index (χ2v) is 4.31. The summed E-state index contributed by atoms with van der Waals surface area (Å²) < 4.78 is 5.03. The van der Waals surface area contributed by atoms with Gasteiger partial charge in [0.05, 0.1) is 21.8 Å². The predicted molar refractivity (Wildman–Crippen MR) is 69.8 cm³/mol. The Bertz CT molecular complexity index is 648. The summed E-state index contributed by atoms with van der Waals surface area (Å²) in [4.78, 5) is 22.7. The van der Waals surface area contributed by atoms with Crippen LogP contribution in [0.25, 0.3) is 0 Å². The van der Waals surface area contributed by atoms with Crippen LogP contribution in [0.4, 0.5) is 5.69 Å². The number of halogens is 1. The first-order valence-electron chi connectivity index (χ1n) is 5.36. The van der Waals surface area contributed by atoms with Gasteiger partial charge in [-0.25, -0.2) is 4.79 Å². The Balaban J connectivity index is 2.25. The number of amides is 1. The zero-order chi connectivity index (χ0) is 14.0. The van der Waals surface area contributed by atoms with Crippen LogP contribution in [0.3, 0.4) is 0 Å². The van der Waals surface area contributed by atoms with Crippen molar-refractivity contribution in [3.63, 3.8) is 0 Å². The van der Waals surface area contributed by atoms with Gasteiger partial charge in [0, 0.05) is 0 Å². The summed E-state index contributed by atoms with van der Waals surface area (Å²) in [6, 6.07) is 5.66. The van der Waals surface area contributed by atoms with Gasteiger partial charge in [0.1, 0.15) is 12.0 Å². The molecule has 1 aromatic heterocycles. The van der Waals surface area contributed by atoms with E-state index in [1.165, 1.54) is 24.5 Å². The summed E-state index contributed by atoms with van der Waals surface area (Å²) >= 11 is 5.91. The van der Waals surface area contributed by atoms with Gasteiger partial charge in [0.25, 0.3) is 5.91 Å². The molecular formula is C13H10ClNO4. The minimum Gasteiger partial charge on any atom is -0.478 e. The molecule has 0 radical (unpaired) electrons. The molecule has 2 rings (SSSR count). The molecule has 6 heteroatoms. The molecule has 2 aromatic rings. The van der Waals surface area contributed by atoms with E-state index >= 15 is 0 Å². The maximum absolute atomic E-state index is 11.9. The Labute approximate surface area is 113 Å². The van der Waals surface area contributed by atoms with E-state index in [0.717, 1.165) is 0 Å². The first kappa shape index (κ1) is 13.2. The molecule has 0 aliphatic heterocycles. The third kappa shape index (κ3) is 2.95. The van der Waals surface area contributed by atoms with Crippen molar-refractivity contribution in [2.24, 2.45) is 0 Å². The number of furan rings is 1. The number of carbonyl (C=O) groups excluding carboxylic acids is 1. The lowest BCUT2D eigenvalue weighted by Crippen LogP contribution is -2.12. The molecule has 2 N–H and O–H groups in total. The predicted octanol–water partition coefficient (Wildman–Crippen LogP) is 3.19. The largest absolute Gasteiger partial charge is 0.478 e. The molecule has 5 nitrogen and oxygen atoms in total. The quantitative estimate of drug-likeness (QED) is 0.904. The van der Waals surface area contributed by atoms with Crippen LogP contribution in [0.5, 0.6) is 0 Å². The fraction of sp³-hybridized carbons (Fsp3) is 0.0769. The highest BCUT2D eigenvalue weighted by Gasteiger charge is 2.13. The molecular weight excluding hydrogens is 270 g/mol. The van der Waals surface area contributed by atoms with Gasteiger partial charge in [0.15, 0.2) is 0 Å². The van der Waals surface area contributed by atoms with Crippen molar-refractivity contribution in [1.29, 1.82) is 0 Å². The number of carboxylic acids is 1. The molecule has 1 heterocycles. The van der Waals surface area contributed by atoms with Gasteiger partial charge in [-0.05, 0) is 31.2 Å². The monoisotopic (exact) mass is 279 g/mol. The summed E-state index contributed by atoms with van der Waals surface area (Å²) in [5.41, 5.74) is 0.628. The topological polar surface area (TPSA) is 79.5 Å². The average molecular weight is 280 g/mol. The van der Waals surface area contributed by atoms with Gasteiger partial charge in [0.2, 0.25) is 0 Å². The number of carboxylic acid groups (broad SMARTS) is 1. The summed E-state index contributed by atoms with van der Waals surface area (Å²) in [6.07, 6.45) is 1.32. The van der Waals surface area contributed by atoms with E-state index in [2.05, 4.69) is 5.32 Å². The van der Waals surface area contributed by atoms with Gasteiger partial charge in [-0.15, -0.1) is 0 Å². The van der Waals surface area contributed by atoms with Crippen molar-refractivity contribution >= 4 is 29.2 Å². The average Bonchev–Trinajstić information content (AvgIpc) is 2.78. The van der Waals surface area contributed by atoms with E-state index in [4.69, 9.17) is 21.1 Å². The Kier molecular flexibility index (Phi) is 3.57. The van der Waals surface area contributed by atoms with Crippen LogP contribution in [-0.2, 0) is 0 Å². The molecule has 0 aliphatic rings. The van der Waals surface area contributed by atoms with Crippen LogP contribution < -0.4 is 5.32 Å². The fourth-order valence-corrected chi connectivity index (χ4v) is 1.68. The summed E-state index contributed by atoms with van der Waals surface area (Å²) in [7, 11) is 0. The summed E-state index contributed by atoms with van der Waals surface area (Å²) in [5, 5.41) is 11.7. The number of anilines is 1. The highest BCUT2D eigenvalue weighted by molar-refractivity contribution is 6.34. The van der Waals surface area contributed by atoms with Gasteiger partial charge < -0.3 is 14.8 Å². The van der Waals surface area contributed by atoms with Crippen LogP contribution in [0.2, 0.25) is 5.02 Å². The SMILES string of the molecule is Cc1cc(C(=O)Nc2cc(C(=O)O)ccc2Cl)co1. The second kappa shape index (κ2) is 5.16. The lowest BCUT2D eigenvalue weighted by atomic mass is 10.2. The van der Waals surface area contributed by atoms with Crippen molar-refractivity contribution in [2.75, 3.05) is 5.32 Å². The van der Waals surface area contributed by atoms with Crippen LogP contribution in [0.1, 0.15) is 26.5 Å². The Hall–Kier alpha value is -2.27. The minimum atomic E-state index is -1.09. The zero-order valence-corrected chi connectivity index (χ0v) is 10.7. The van der Waals surface area contributed by atoms with Crippen LogP contribution in [0, 0.1) is 6.92 Å². The highest BCUT2D eigenvalue weighted by Crippen LogP contribution is 2.24. The van der Waals surface area contributed by atoms with Crippen molar-refractivity contribution in [3.8, 4) is 0 Å². The van der Waals surface area contributed by atoms with E-state index < -0.39 is 11.9 Å². The number of hydrogen-bond donors (Lipinski definition) is 2. The van der Waals surface area contributed by atoms with Crippen LogP contribution >= 0.6 is 11.6 Å². The third-order valence-electron chi connectivity index (χ3n) is 2.45. The Morgan fingerprint density at radius 3 is 2.58 bits per heavy atom. The van der Waals surface area contributed by atoms with E-state index in [0.29, 0.717) is 11.3 Å². The molecule has 19 heavy (non-hydrogen) atoms. The number of carbonyl (C=O) groups is 2. The molecule has 0 saturated heterocycles. The van der Waals surface area contributed by atoms with E-state index in [9.17, 15) is 9.59 Å². The maximum Gasteiger partial charge on any atom is 0.335 e. The molecule has 98 valence electrons. The number of benzene rings is 1. The van der Waals surface area contributed by atoms with Gasteiger partial charge in [-0.1, -0.05) is 11.6 Å². The normalized spacial score (nSPS) is 10.2. The van der Waals surface area contributed by atoms with Crippen molar-refractivity contribution in [3.05, 3.63) is 52.4 Å². The van der Waals surface area contributed by atoms with Crippen LogP contribution in [-0.4, -0.2) is 17.0 Å². The fourth-order valence-electron chi connectivity index (χ4n) is 1.51. The second-order valence-electron chi connectivity index (χ2n) is 3.90. The lowest BCUT2D eigenvalue weighted by Gasteiger charge is -2.06. The molecule has 0 unspecified atom stereocenters. The number of nitrogens with one attached hydrogen (secondary N) is 1. The summed E-state index contributed by atoms with van der Waals surface area (Å²) in [6.45, 7) is 1.72. The van der Waals surface area contributed by atoms with Gasteiger partial charge in [-0.3, -0.25) is 4.79 Å². The molecule has 0 saturated carbocycles. The molecule has 0 aliphatic carbocycles. The number of aromatic carboxylic acids is 1. The summed E-state index contributed by atoms with van der Waals surface area (Å²) in [5.74, 6) is -0.900. The van der Waals surface area contributed by atoms with E-state index in [1.807, 2.05) is 0 Å². The number of hydrogen-bond acceptors (Lipinski definition) is 3. The molecule has 0 bridgehead atoms. The van der Waals surface area contributed by atoms with Crippen molar-refractivity contribution < 1.29 is 19.1 Å². The first-order chi connectivity index (χ1) is 8.97. The van der Waals surface area contributed by atoms with Gasteiger partial charge >= 0.3 is 5.97 Å². The molecule has 0 spiro atoms. The molecule has 1 amide bonds. The first-order valence-corrected chi connectivity index (χ1v) is 5.74. The molecule has 0 fully saturated rings. The van der Waals surface area contributed by atoms with Gasteiger partial charge in [-0.2, -0.15) is 0 Å². The molecule has 0 atom stereocenters.